The Morgan fingerprint density at radius 3 is 2.52 bits per heavy atom. The van der Waals surface area contributed by atoms with Crippen molar-refractivity contribution in [3.05, 3.63) is 18.2 Å². The maximum atomic E-state index is 12.9. The van der Waals surface area contributed by atoms with Gasteiger partial charge in [-0.15, -0.1) is 24.8 Å². The highest BCUT2D eigenvalue weighted by atomic mass is 35.5. The third-order valence-electron chi connectivity index (χ3n) is 5.48. The van der Waals surface area contributed by atoms with Gasteiger partial charge in [0.15, 0.2) is 0 Å². The smallest absolute Gasteiger partial charge is 0.319 e. The van der Waals surface area contributed by atoms with Gasteiger partial charge in [0.25, 0.3) is 0 Å². The van der Waals surface area contributed by atoms with Crippen molar-refractivity contribution >= 4 is 30.7 Å². The molecule has 25 heavy (non-hydrogen) atoms. The molecular weight excluding hydrogens is 373 g/mol. The Bertz CT molecular complexity index is 558. The second-order valence-corrected chi connectivity index (χ2v) is 6.92. The number of carbonyl (C=O) groups excluding carboxylic acids is 1. The van der Waals surface area contributed by atoms with Crippen molar-refractivity contribution in [3.63, 3.8) is 0 Å². The summed E-state index contributed by atoms with van der Waals surface area (Å²) in [6.07, 6.45) is 7.62. The van der Waals surface area contributed by atoms with Crippen molar-refractivity contribution in [1.82, 2.24) is 14.5 Å². The second-order valence-electron chi connectivity index (χ2n) is 6.92. The van der Waals surface area contributed by atoms with Crippen LogP contribution in [-0.2, 0) is 11.3 Å². The number of halogens is 4. The van der Waals surface area contributed by atoms with Crippen LogP contribution in [0.5, 0.6) is 0 Å². The van der Waals surface area contributed by atoms with Crippen LogP contribution in [0.3, 0.4) is 0 Å². The lowest BCUT2D eigenvalue weighted by molar-refractivity contribution is -0.138. The van der Waals surface area contributed by atoms with E-state index in [1.54, 1.807) is 7.05 Å². The van der Waals surface area contributed by atoms with Crippen LogP contribution in [0, 0.1) is 17.8 Å². The lowest BCUT2D eigenvalue weighted by Gasteiger charge is -2.44. The molecule has 144 valence electrons. The summed E-state index contributed by atoms with van der Waals surface area (Å²) in [4.78, 5) is 18.2. The standard InChI is InChI=1S/C16H24F2N4O.2ClH/c1-21(9-13-20-5-6-22(13)16(17)18)15(23)12-7-10-3-2-4-11(8-12)14(10)19;;/h5-6,10-12,14,16H,2-4,7-9,19H2,1H3;2*1H. The van der Waals surface area contributed by atoms with E-state index in [0.717, 1.165) is 30.3 Å². The molecule has 2 atom stereocenters. The first-order chi connectivity index (χ1) is 11.0. The Morgan fingerprint density at radius 2 is 1.96 bits per heavy atom. The van der Waals surface area contributed by atoms with Gasteiger partial charge in [-0.05, 0) is 37.5 Å². The molecule has 5 nitrogen and oxygen atoms in total. The zero-order chi connectivity index (χ0) is 16.6. The Hall–Kier alpha value is -0.920. The van der Waals surface area contributed by atoms with Crippen molar-refractivity contribution in [1.29, 1.82) is 0 Å². The number of alkyl halides is 2. The Balaban J connectivity index is 0.00000156. The number of carbonyl (C=O) groups is 1. The quantitative estimate of drug-likeness (QED) is 0.846. The number of nitrogens with zero attached hydrogens (tertiary/aromatic N) is 3. The fourth-order valence-electron chi connectivity index (χ4n) is 4.24. The molecular formula is C16H26Cl2F2N4O. The summed E-state index contributed by atoms with van der Waals surface area (Å²) >= 11 is 0. The van der Waals surface area contributed by atoms with Crippen LogP contribution in [0.25, 0.3) is 0 Å². The average Bonchev–Trinajstić information content (AvgIpc) is 2.94. The predicted molar refractivity (Wildman–Crippen MR) is 96.0 cm³/mol. The molecule has 2 N–H and O–H groups in total. The summed E-state index contributed by atoms with van der Waals surface area (Å²) < 4.78 is 26.5. The van der Waals surface area contributed by atoms with Gasteiger partial charge in [-0.3, -0.25) is 9.36 Å². The van der Waals surface area contributed by atoms with E-state index in [0.29, 0.717) is 11.8 Å². The third-order valence-corrected chi connectivity index (χ3v) is 5.48. The highest BCUT2D eigenvalue weighted by molar-refractivity contribution is 5.85. The molecule has 2 aliphatic carbocycles. The molecule has 1 aromatic rings. The van der Waals surface area contributed by atoms with E-state index in [4.69, 9.17) is 5.73 Å². The van der Waals surface area contributed by atoms with E-state index in [1.807, 2.05) is 0 Å². The molecule has 2 unspecified atom stereocenters. The van der Waals surface area contributed by atoms with Crippen molar-refractivity contribution < 1.29 is 13.6 Å². The molecule has 2 saturated carbocycles. The summed E-state index contributed by atoms with van der Waals surface area (Å²) in [5.74, 6) is 1.05. The molecule has 0 aliphatic heterocycles. The Morgan fingerprint density at radius 1 is 1.36 bits per heavy atom. The number of fused-ring (bicyclic) bond motifs is 2. The number of rotatable bonds is 4. The van der Waals surface area contributed by atoms with Crippen molar-refractivity contribution in [2.45, 2.75) is 51.2 Å². The zero-order valence-corrected chi connectivity index (χ0v) is 15.8. The first-order valence-corrected chi connectivity index (χ1v) is 8.27. The highest BCUT2D eigenvalue weighted by Crippen LogP contribution is 2.42. The largest absolute Gasteiger partial charge is 0.338 e. The molecule has 1 aromatic heterocycles. The normalized spacial score (nSPS) is 28.0. The molecule has 1 amide bonds. The summed E-state index contributed by atoms with van der Waals surface area (Å²) in [5, 5.41) is 0. The molecule has 2 aliphatic rings. The number of aromatic nitrogens is 2. The second kappa shape index (κ2) is 9.14. The first-order valence-electron chi connectivity index (χ1n) is 8.27. The summed E-state index contributed by atoms with van der Waals surface area (Å²) in [5.41, 5.74) is 6.26. The minimum absolute atomic E-state index is 0. The molecule has 3 rings (SSSR count). The van der Waals surface area contributed by atoms with Gasteiger partial charge in [0.05, 0.1) is 6.54 Å². The maximum Gasteiger partial charge on any atom is 0.319 e. The van der Waals surface area contributed by atoms with Crippen LogP contribution in [-0.4, -0.2) is 33.4 Å². The van der Waals surface area contributed by atoms with Gasteiger partial charge >= 0.3 is 6.55 Å². The Labute approximate surface area is 159 Å². The molecule has 2 bridgehead atoms. The molecule has 2 fully saturated rings. The SMILES string of the molecule is CN(Cc1nccn1C(F)F)C(=O)C1CC2CCCC(C1)C2N.Cl.Cl. The minimum Gasteiger partial charge on any atom is -0.338 e. The lowest BCUT2D eigenvalue weighted by Crippen LogP contribution is -2.49. The van der Waals surface area contributed by atoms with E-state index in [2.05, 4.69) is 4.98 Å². The summed E-state index contributed by atoms with van der Waals surface area (Å²) in [7, 11) is 1.66. The number of amides is 1. The van der Waals surface area contributed by atoms with Gasteiger partial charge in [-0.1, -0.05) is 6.42 Å². The number of hydrogen-bond donors (Lipinski definition) is 1. The molecule has 9 heteroatoms. The van der Waals surface area contributed by atoms with Crippen LogP contribution in [0.1, 0.15) is 44.5 Å². The Kier molecular flexibility index (Phi) is 8.09. The predicted octanol–water partition coefficient (Wildman–Crippen LogP) is 3.23. The molecule has 0 saturated heterocycles. The van der Waals surface area contributed by atoms with Crippen molar-refractivity contribution in [3.8, 4) is 0 Å². The van der Waals surface area contributed by atoms with Crippen LogP contribution >= 0.6 is 24.8 Å². The maximum absolute atomic E-state index is 12.9. The number of imidazole rings is 1. The third kappa shape index (κ3) is 4.63. The van der Waals surface area contributed by atoms with Gasteiger partial charge in [0, 0.05) is 31.4 Å². The molecule has 1 heterocycles. The van der Waals surface area contributed by atoms with Gasteiger partial charge in [0.1, 0.15) is 5.82 Å². The van der Waals surface area contributed by atoms with E-state index in [-0.39, 0.29) is 55.1 Å². The van der Waals surface area contributed by atoms with Crippen LogP contribution in [0.2, 0.25) is 0 Å². The van der Waals surface area contributed by atoms with E-state index in [1.165, 1.54) is 23.7 Å². The van der Waals surface area contributed by atoms with Crippen LogP contribution < -0.4 is 5.73 Å². The van der Waals surface area contributed by atoms with Gasteiger partial charge in [-0.2, -0.15) is 8.78 Å². The first kappa shape index (κ1) is 22.1. The van der Waals surface area contributed by atoms with E-state index < -0.39 is 6.55 Å². The van der Waals surface area contributed by atoms with Crippen LogP contribution in [0.4, 0.5) is 8.78 Å². The lowest BCUT2D eigenvalue weighted by atomic mass is 9.65. The average molecular weight is 399 g/mol. The molecule has 0 radical (unpaired) electrons. The van der Waals surface area contributed by atoms with Gasteiger partial charge in [0.2, 0.25) is 5.91 Å². The monoisotopic (exact) mass is 398 g/mol. The van der Waals surface area contributed by atoms with Gasteiger partial charge < -0.3 is 10.6 Å². The van der Waals surface area contributed by atoms with E-state index >= 15 is 0 Å². The fraction of sp³-hybridized carbons (Fsp3) is 0.750. The van der Waals surface area contributed by atoms with Crippen molar-refractivity contribution in [2.24, 2.45) is 23.5 Å². The summed E-state index contributed by atoms with van der Waals surface area (Å²) in [6.45, 7) is -2.53. The topological polar surface area (TPSA) is 64.2 Å². The fourth-order valence-corrected chi connectivity index (χ4v) is 4.24. The zero-order valence-electron chi connectivity index (χ0n) is 14.2. The van der Waals surface area contributed by atoms with Crippen LogP contribution in [0.15, 0.2) is 12.4 Å². The van der Waals surface area contributed by atoms with Gasteiger partial charge in [-0.25, -0.2) is 4.98 Å². The number of nitrogens with two attached hydrogens (primary N) is 1. The number of hydrogen-bond acceptors (Lipinski definition) is 3. The molecule has 0 spiro atoms. The minimum atomic E-state index is -2.64. The van der Waals surface area contributed by atoms with E-state index in [9.17, 15) is 13.6 Å². The highest BCUT2D eigenvalue weighted by Gasteiger charge is 2.41. The van der Waals surface area contributed by atoms with Crippen molar-refractivity contribution in [2.75, 3.05) is 7.05 Å². The summed E-state index contributed by atoms with van der Waals surface area (Å²) in [6, 6.07) is 0.218. The molecule has 0 aromatic carbocycles.